The van der Waals surface area contributed by atoms with Crippen LogP contribution in [0.25, 0.3) is 0 Å². The minimum absolute atomic E-state index is 0.155. The van der Waals surface area contributed by atoms with E-state index >= 15 is 0 Å². The Morgan fingerprint density at radius 3 is 2.62 bits per heavy atom. The van der Waals surface area contributed by atoms with E-state index in [0.29, 0.717) is 11.9 Å². The molecule has 1 atom stereocenters. The fourth-order valence-corrected chi connectivity index (χ4v) is 2.28. The third-order valence-corrected chi connectivity index (χ3v) is 3.55. The minimum atomic E-state index is -0.155. The van der Waals surface area contributed by atoms with E-state index in [2.05, 4.69) is 10.4 Å². The minimum Gasteiger partial charge on any atom is -0.495 e. The molecule has 0 bridgehead atoms. The van der Waals surface area contributed by atoms with E-state index in [0.717, 1.165) is 29.7 Å². The monoisotopic (exact) mass is 285 g/mol. The molecule has 1 unspecified atom stereocenters. The van der Waals surface area contributed by atoms with Crippen molar-refractivity contribution in [1.29, 1.82) is 0 Å². The van der Waals surface area contributed by atoms with Crippen LogP contribution in [-0.2, 0) is 0 Å². The average molecular weight is 285 g/mol. The second-order valence-electron chi connectivity index (χ2n) is 5.10. The summed E-state index contributed by atoms with van der Waals surface area (Å²) in [6.07, 6.45) is 6.13. The standard InChI is InChI=1S/C16H19N3O2/c1-20-15-10-18-9-8-14(15)16(19-17)11-2-4-12(5-3-11)21-13-6-7-13/h2-5,8-10,13,16,19H,6-7,17H2,1H3. The zero-order valence-corrected chi connectivity index (χ0v) is 12.0. The van der Waals surface area contributed by atoms with Crippen molar-refractivity contribution in [2.24, 2.45) is 5.84 Å². The van der Waals surface area contributed by atoms with Gasteiger partial charge >= 0.3 is 0 Å². The number of hydrogen-bond donors (Lipinski definition) is 2. The second kappa shape index (κ2) is 6.11. The normalized spacial score (nSPS) is 15.5. The Bertz CT molecular complexity index is 597. The highest BCUT2D eigenvalue weighted by Crippen LogP contribution is 2.31. The molecular weight excluding hydrogens is 266 g/mol. The van der Waals surface area contributed by atoms with Gasteiger partial charge < -0.3 is 9.47 Å². The maximum atomic E-state index is 5.76. The first-order valence-corrected chi connectivity index (χ1v) is 7.02. The zero-order valence-electron chi connectivity index (χ0n) is 12.0. The number of aromatic nitrogens is 1. The molecule has 0 aliphatic heterocycles. The van der Waals surface area contributed by atoms with Gasteiger partial charge in [0.25, 0.3) is 0 Å². The van der Waals surface area contributed by atoms with Gasteiger partial charge in [0.15, 0.2) is 0 Å². The van der Waals surface area contributed by atoms with E-state index in [1.807, 2.05) is 30.3 Å². The summed E-state index contributed by atoms with van der Waals surface area (Å²) in [5, 5.41) is 0. The van der Waals surface area contributed by atoms with Crippen molar-refractivity contribution in [3.8, 4) is 11.5 Å². The molecule has 1 saturated carbocycles. The largest absolute Gasteiger partial charge is 0.495 e. The Hall–Kier alpha value is -2.11. The van der Waals surface area contributed by atoms with Gasteiger partial charge in [0.2, 0.25) is 0 Å². The number of methoxy groups -OCH3 is 1. The Morgan fingerprint density at radius 1 is 1.24 bits per heavy atom. The summed E-state index contributed by atoms with van der Waals surface area (Å²) < 4.78 is 11.1. The van der Waals surface area contributed by atoms with Crippen molar-refractivity contribution >= 4 is 0 Å². The van der Waals surface area contributed by atoms with Crippen molar-refractivity contribution in [3.05, 3.63) is 53.9 Å². The van der Waals surface area contributed by atoms with Crippen LogP contribution in [0.3, 0.4) is 0 Å². The predicted molar refractivity (Wildman–Crippen MR) is 80.0 cm³/mol. The van der Waals surface area contributed by atoms with Gasteiger partial charge in [0.05, 0.1) is 25.5 Å². The summed E-state index contributed by atoms with van der Waals surface area (Å²) in [7, 11) is 1.63. The van der Waals surface area contributed by atoms with Crippen molar-refractivity contribution in [2.75, 3.05) is 7.11 Å². The third kappa shape index (κ3) is 3.15. The molecule has 110 valence electrons. The van der Waals surface area contributed by atoms with Crippen LogP contribution in [0.5, 0.6) is 11.5 Å². The van der Waals surface area contributed by atoms with E-state index in [1.54, 1.807) is 19.5 Å². The van der Waals surface area contributed by atoms with Gasteiger partial charge in [-0.15, -0.1) is 0 Å². The molecule has 5 nitrogen and oxygen atoms in total. The summed E-state index contributed by atoms with van der Waals surface area (Å²) in [6, 6.07) is 9.73. The molecule has 1 aromatic carbocycles. The van der Waals surface area contributed by atoms with E-state index in [4.69, 9.17) is 15.3 Å². The summed E-state index contributed by atoms with van der Waals surface area (Å²) in [4.78, 5) is 4.07. The van der Waals surface area contributed by atoms with Crippen LogP contribution in [0.4, 0.5) is 0 Å². The van der Waals surface area contributed by atoms with E-state index in [1.165, 1.54) is 0 Å². The first-order valence-electron chi connectivity index (χ1n) is 7.02. The Labute approximate surface area is 124 Å². The van der Waals surface area contributed by atoms with Crippen LogP contribution >= 0.6 is 0 Å². The first kappa shape index (κ1) is 13.9. The van der Waals surface area contributed by atoms with Gasteiger partial charge in [-0.1, -0.05) is 12.1 Å². The van der Waals surface area contributed by atoms with Crippen LogP contribution < -0.4 is 20.7 Å². The van der Waals surface area contributed by atoms with Crippen molar-refractivity contribution in [3.63, 3.8) is 0 Å². The lowest BCUT2D eigenvalue weighted by molar-refractivity contribution is 0.303. The lowest BCUT2D eigenvalue weighted by atomic mass is 9.99. The van der Waals surface area contributed by atoms with Gasteiger partial charge in [0, 0.05) is 11.8 Å². The number of nitrogens with one attached hydrogen (secondary N) is 1. The van der Waals surface area contributed by atoms with E-state index < -0.39 is 0 Å². The molecule has 0 spiro atoms. The average Bonchev–Trinajstić information content (AvgIpc) is 3.34. The first-order chi connectivity index (χ1) is 10.3. The van der Waals surface area contributed by atoms with Gasteiger partial charge in [-0.05, 0) is 36.6 Å². The Balaban J connectivity index is 1.84. The van der Waals surface area contributed by atoms with Crippen LogP contribution in [0.15, 0.2) is 42.7 Å². The number of hydrogen-bond acceptors (Lipinski definition) is 5. The van der Waals surface area contributed by atoms with Gasteiger partial charge in [-0.25, -0.2) is 5.43 Å². The zero-order chi connectivity index (χ0) is 14.7. The number of pyridine rings is 1. The molecule has 3 rings (SSSR count). The molecule has 2 aromatic rings. The van der Waals surface area contributed by atoms with Crippen molar-refractivity contribution in [2.45, 2.75) is 25.0 Å². The van der Waals surface area contributed by atoms with Gasteiger partial charge in [0.1, 0.15) is 11.5 Å². The smallest absolute Gasteiger partial charge is 0.142 e. The molecule has 1 fully saturated rings. The number of benzene rings is 1. The number of nitrogens with zero attached hydrogens (tertiary/aromatic N) is 1. The molecule has 1 aliphatic rings. The topological polar surface area (TPSA) is 69.4 Å². The van der Waals surface area contributed by atoms with Crippen LogP contribution in [0, 0.1) is 0 Å². The molecule has 21 heavy (non-hydrogen) atoms. The number of nitrogens with two attached hydrogens (primary N) is 1. The van der Waals surface area contributed by atoms with Crippen molar-refractivity contribution in [1.82, 2.24) is 10.4 Å². The molecule has 1 heterocycles. The molecule has 0 saturated heterocycles. The molecule has 1 aromatic heterocycles. The van der Waals surface area contributed by atoms with Gasteiger partial charge in [-0.2, -0.15) is 0 Å². The fraction of sp³-hybridized carbons (Fsp3) is 0.312. The molecule has 5 heteroatoms. The molecule has 3 N–H and O–H groups in total. The highest BCUT2D eigenvalue weighted by Gasteiger charge is 2.23. The summed E-state index contributed by atoms with van der Waals surface area (Å²) >= 11 is 0. The predicted octanol–water partition coefficient (Wildman–Crippen LogP) is 2.18. The fourth-order valence-electron chi connectivity index (χ4n) is 2.28. The van der Waals surface area contributed by atoms with Crippen molar-refractivity contribution < 1.29 is 9.47 Å². The highest BCUT2D eigenvalue weighted by molar-refractivity contribution is 5.41. The summed E-state index contributed by atoms with van der Waals surface area (Å²) in [6.45, 7) is 0. The van der Waals surface area contributed by atoms with Gasteiger partial charge in [-0.3, -0.25) is 10.8 Å². The maximum absolute atomic E-state index is 5.76. The number of ether oxygens (including phenoxy) is 2. The number of hydrazine groups is 1. The Morgan fingerprint density at radius 2 is 2.00 bits per heavy atom. The molecule has 0 amide bonds. The molecule has 1 aliphatic carbocycles. The van der Waals surface area contributed by atoms with E-state index in [9.17, 15) is 0 Å². The quantitative estimate of drug-likeness (QED) is 0.629. The maximum Gasteiger partial charge on any atom is 0.142 e. The highest BCUT2D eigenvalue weighted by atomic mass is 16.5. The summed E-state index contributed by atoms with van der Waals surface area (Å²) in [5.74, 6) is 7.34. The van der Waals surface area contributed by atoms with Crippen LogP contribution in [0.1, 0.15) is 30.0 Å². The van der Waals surface area contributed by atoms with Crippen LogP contribution in [-0.4, -0.2) is 18.2 Å². The summed E-state index contributed by atoms with van der Waals surface area (Å²) in [5.41, 5.74) is 4.83. The Kier molecular flexibility index (Phi) is 4.03. The SMILES string of the molecule is COc1cnccc1C(NN)c1ccc(OC2CC2)cc1. The third-order valence-electron chi connectivity index (χ3n) is 3.55. The second-order valence-corrected chi connectivity index (χ2v) is 5.10. The number of rotatable bonds is 6. The van der Waals surface area contributed by atoms with E-state index in [-0.39, 0.29) is 6.04 Å². The molecule has 0 radical (unpaired) electrons. The van der Waals surface area contributed by atoms with Crippen LogP contribution in [0.2, 0.25) is 0 Å². The molecular formula is C16H19N3O2. The lowest BCUT2D eigenvalue weighted by Crippen LogP contribution is -2.29. The lowest BCUT2D eigenvalue weighted by Gasteiger charge is -2.19.